The lowest BCUT2D eigenvalue weighted by molar-refractivity contribution is 0.199. The molecule has 0 bridgehead atoms. The first-order chi connectivity index (χ1) is 10.8. The fraction of sp³-hybridized carbons (Fsp3) is 0.429. The van der Waals surface area contributed by atoms with Crippen molar-refractivity contribution in [1.82, 2.24) is 5.32 Å². The summed E-state index contributed by atoms with van der Waals surface area (Å²) < 4.78 is 52.3. The van der Waals surface area contributed by atoms with E-state index in [1.165, 1.54) is 6.07 Å². The van der Waals surface area contributed by atoms with Gasteiger partial charge in [-0.15, -0.1) is 0 Å². The Hall–Kier alpha value is -2.23. The Morgan fingerprint density at radius 1 is 1.38 bits per heavy atom. The van der Waals surface area contributed by atoms with Gasteiger partial charge in [-0.05, 0) is 39.0 Å². The summed E-state index contributed by atoms with van der Waals surface area (Å²) in [6, 6.07) is 3.28. The number of carbonyl (C=O) groups is 1. The molecule has 1 aliphatic rings. The fourth-order valence-corrected chi connectivity index (χ4v) is 4.17. The van der Waals surface area contributed by atoms with Crippen LogP contribution in [0.2, 0.25) is 0 Å². The van der Waals surface area contributed by atoms with Gasteiger partial charge in [-0.2, -0.15) is 0 Å². The number of alkyl halides is 1. The molecule has 0 aliphatic carbocycles. The molecule has 10 heteroatoms. The maximum absolute atomic E-state index is 14.9. The molecule has 4 N–H and O–H groups in total. The summed E-state index contributed by atoms with van der Waals surface area (Å²) in [6.45, 7) is 3.32. The maximum Gasteiger partial charge on any atom is 0.410 e. The smallest absolute Gasteiger partial charge is 0.410 e. The Morgan fingerprint density at radius 3 is 2.50 bits per heavy atom. The number of hydrogen-bond acceptors (Lipinski definition) is 5. The Kier molecular flexibility index (Phi) is 4.08. The van der Waals surface area contributed by atoms with Gasteiger partial charge in [0.05, 0.1) is 0 Å². The van der Waals surface area contributed by atoms with Crippen molar-refractivity contribution in [3.63, 3.8) is 0 Å². The van der Waals surface area contributed by atoms with Crippen molar-refractivity contribution in [2.75, 3.05) is 5.73 Å². The molecule has 0 saturated carbocycles. The molecular formula is C14H17F2N3O4S. The highest BCUT2D eigenvalue weighted by Gasteiger charge is 2.58. The van der Waals surface area contributed by atoms with E-state index in [4.69, 9.17) is 10.8 Å². The van der Waals surface area contributed by atoms with Gasteiger partial charge in [-0.3, -0.25) is 10.3 Å². The van der Waals surface area contributed by atoms with Crippen molar-refractivity contribution in [3.05, 3.63) is 29.6 Å². The first-order valence-corrected chi connectivity index (χ1v) is 8.42. The Morgan fingerprint density at radius 2 is 1.96 bits per heavy atom. The summed E-state index contributed by atoms with van der Waals surface area (Å²) in [7, 11) is -4.55. The van der Waals surface area contributed by atoms with Gasteiger partial charge in [0.1, 0.15) is 21.9 Å². The molecule has 1 heterocycles. The predicted octanol–water partition coefficient (Wildman–Crippen LogP) is 1.79. The van der Waals surface area contributed by atoms with Gasteiger partial charge in [0.2, 0.25) is 5.50 Å². The van der Waals surface area contributed by atoms with Crippen molar-refractivity contribution in [2.45, 2.75) is 36.6 Å². The lowest BCUT2D eigenvalue weighted by Gasteiger charge is -2.41. The number of sulfone groups is 1. The molecule has 0 fully saturated rings. The molecule has 2 rings (SSSR count). The van der Waals surface area contributed by atoms with Crippen LogP contribution in [-0.2, 0) is 15.4 Å². The molecule has 1 aromatic rings. The topological polar surface area (TPSA) is 122 Å². The number of amidine groups is 1. The zero-order chi connectivity index (χ0) is 18.5. The molecule has 1 aliphatic heterocycles. The van der Waals surface area contributed by atoms with Crippen molar-refractivity contribution < 1.29 is 27.1 Å². The van der Waals surface area contributed by atoms with Crippen LogP contribution in [0.15, 0.2) is 23.2 Å². The number of nitrogens with two attached hydrogens (primary N) is 1. The number of hydrogen-bond donors (Lipinski definition) is 3. The third-order valence-electron chi connectivity index (χ3n) is 4.10. The fourth-order valence-electron chi connectivity index (χ4n) is 2.51. The number of aliphatic imine (C=N–C) groups is 1. The van der Waals surface area contributed by atoms with Gasteiger partial charge in [0.25, 0.3) is 0 Å². The lowest BCUT2D eigenvalue weighted by atomic mass is 9.92. The highest BCUT2D eigenvalue weighted by Crippen LogP contribution is 2.44. The van der Waals surface area contributed by atoms with Crippen LogP contribution in [0.25, 0.3) is 0 Å². The largest absolute Gasteiger partial charge is 0.465 e. The van der Waals surface area contributed by atoms with E-state index in [0.29, 0.717) is 0 Å². The zero-order valence-electron chi connectivity index (χ0n) is 13.2. The van der Waals surface area contributed by atoms with Crippen molar-refractivity contribution >= 4 is 27.5 Å². The molecule has 132 valence electrons. The first kappa shape index (κ1) is 18.1. The van der Waals surface area contributed by atoms with E-state index in [2.05, 4.69) is 4.99 Å². The number of rotatable bonds is 1. The van der Waals surface area contributed by atoms with Crippen LogP contribution in [0, 0.1) is 5.82 Å². The van der Waals surface area contributed by atoms with Gasteiger partial charge < -0.3 is 10.8 Å². The normalized spacial score (nSPS) is 28.0. The molecule has 7 nitrogen and oxygen atoms in total. The number of anilines is 1. The molecule has 1 aromatic carbocycles. The number of nitrogens with one attached hydrogen (secondary N) is 1. The van der Waals surface area contributed by atoms with E-state index in [1.807, 2.05) is 5.32 Å². The van der Waals surface area contributed by atoms with Crippen LogP contribution in [0.3, 0.4) is 0 Å². The molecule has 24 heavy (non-hydrogen) atoms. The average molecular weight is 361 g/mol. The molecule has 0 spiro atoms. The van der Waals surface area contributed by atoms with Crippen LogP contribution >= 0.6 is 0 Å². The molecular weight excluding hydrogens is 344 g/mol. The van der Waals surface area contributed by atoms with E-state index in [-0.39, 0.29) is 11.3 Å². The number of nitrogen functional groups attached to an aromatic ring is 1. The zero-order valence-corrected chi connectivity index (χ0v) is 14.0. The van der Waals surface area contributed by atoms with Crippen molar-refractivity contribution in [1.29, 1.82) is 0 Å². The minimum atomic E-state index is -4.55. The van der Waals surface area contributed by atoms with E-state index in [9.17, 15) is 22.0 Å². The standard InChI is InChI=1S/C14H17F2N3O4S/c1-13(2)11(18-12(20)21)19-14(3,10(16)24(13,22)23)8-6-7(17)4-5-9(8)15/h4-6,10H,17H2,1-3H3,(H,18,19)(H,20,21)/t10-,14+/m0/s1. The molecule has 0 radical (unpaired) electrons. The second-order valence-corrected chi connectivity index (χ2v) is 8.67. The third-order valence-corrected chi connectivity index (χ3v) is 6.72. The van der Waals surface area contributed by atoms with Gasteiger partial charge >= 0.3 is 6.09 Å². The van der Waals surface area contributed by atoms with E-state index >= 15 is 0 Å². The highest BCUT2D eigenvalue weighted by atomic mass is 32.2. The lowest BCUT2D eigenvalue weighted by Crippen LogP contribution is -2.60. The van der Waals surface area contributed by atoms with Crippen LogP contribution in [0.5, 0.6) is 0 Å². The predicted molar refractivity (Wildman–Crippen MR) is 84.7 cm³/mol. The van der Waals surface area contributed by atoms with E-state index in [0.717, 1.165) is 32.9 Å². The van der Waals surface area contributed by atoms with E-state index in [1.54, 1.807) is 0 Å². The number of nitrogens with zero attached hydrogens (tertiary/aromatic N) is 1. The SMILES string of the molecule is CC1(C)C(NC(=O)O)=N[C@](C)(c2cc(N)ccc2F)[C@@H](F)S1(=O)=O. The Balaban J connectivity index is 2.81. The minimum Gasteiger partial charge on any atom is -0.465 e. The van der Waals surface area contributed by atoms with Crippen LogP contribution in [0.1, 0.15) is 26.3 Å². The first-order valence-electron chi connectivity index (χ1n) is 6.87. The summed E-state index contributed by atoms with van der Waals surface area (Å²) in [6.07, 6.45) is -1.57. The third kappa shape index (κ3) is 2.50. The van der Waals surface area contributed by atoms with Gasteiger partial charge in [0.15, 0.2) is 9.84 Å². The van der Waals surface area contributed by atoms with Crippen molar-refractivity contribution in [2.24, 2.45) is 4.99 Å². The van der Waals surface area contributed by atoms with Crippen LogP contribution in [-0.4, -0.2) is 35.7 Å². The summed E-state index contributed by atoms with van der Waals surface area (Å²) in [5.41, 5.74) is 0.514. The minimum absolute atomic E-state index is 0.0880. The second-order valence-electron chi connectivity index (χ2n) is 6.15. The Labute approximate surface area is 137 Å². The average Bonchev–Trinajstić information content (AvgIpc) is 2.46. The quantitative estimate of drug-likeness (QED) is 0.658. The number of benzene rings is 1. The maximum atomic E-state index is 14.9. The molecule has 0 saturated heterocycles. The molecule has 0 unspecified atom stereocenters. The number of halogens is 2. The summed E-state index contributed by atoms with van der Waals surface area (Å²) in [4.78, 5) is 14.9. The summed E-state index contributed by atoms with van der Waals surface area (Å²) in [5, 5.41) is 10.8. The van der Waals surface area contributed by atoms with Crippen LogP contribution < -0.4 is 11.1 Å². The molecule has 0 aromatic heterocycles. The van der Waals surface area contributed by atoms with Gasteiger partial charge in [-0.1, -0.05) is 0 Å². The summed E-state index contributed by atoms with van der Waals surface area (Å²) >= 11 is 0. The highest BCUT2D eigenvalue weighted by molar-refractivity contribution is 7.94. The van der Waals surface area contributed by atoms with Crippen molar-refractivity contribution in [3.8, 4) is 0 Å². The van der Waals surface area contributed by atoms with Crippen LogP contribution in [0.4, 0.5) is 19.3 Å². The molecule has 1 amide bonds. The monoisotopic (exact) mass is 361 g/mol. The van der Waals surface area contributed by atoms with Gasteiger partial charge in [0, 0.05) is 11.3 Å². The summed E-state index contributed by atoms with van der Waals surface area (Å²) in [5.74, 6) is -1.39. The van der Waals surface area contributed by atoms with Gasteiger partial charge in [-0.25, -0.2) is 22.0 Å². The number of carboxylic acid groups (broad SMARTS) is 1. The number of amides is 1. The van der Waals surface area contributed by atoms with E-state index < -0.39 is 43.4 Å². The molecule has 2 atom stereocenters. The Bertz CT molecular complexity index is 838. The second kappa shape index (κ2) is 5.40.